The fourth-order valence-corrected chi connectivity index (χ4v) is 2.63. The monoisotopic (exact) mass is 446 g/mol. The second kappa shape index (κ2) is 8.44. The fraction of sp³-hybridized carbons (Fsp3) is 0.500. The first-order chi connectivity index (χ1) is 12.8. The number of ether oxygens (including phenoxy) is 1. The molecule has 4 atom stereocenters. The van der Waals surface area contributed by atoms with Gasteiger partial charge in [0.25, 0.3) is 0 Å². The summed E-state index contributed by atoms with van der Waals surface area (Å²) < 4.78 is 30.5. The van der Waals surface area contributed by atoms with Gasteiger partial charge in [0.15, 0.2) is 17.4 Å². The summed E-state index contributed by atoms with van der Waals surface area (Å²) in [6.07, 6.45) is -2.85. The van der Waals surface area contributed by atoms with Crippen LogP contribution in [0.4, 0.5) is 0 Å². The average Bonchev–Trinajstić information content (AvgIpc) is 3.07. The van der Waals surface area contributed by atoms with Gasteiger partial charge in [-0.25, -0.2) is 19.1 Å². The molecule has 0 spiro atoms. The van der Waals surface area contributed by atoms with Crippen molar-refractivity contribution in [2.24, 2.45) is 0 Å². The number of phosphoric ester groups is 1. The zero-order chi connectivity index (χ0) is 21.3. The number of aliphatic hydroxyl groups excluding tert-OH is 2. The Labute approximate surface area is 155 Å². The van der Waals surface area contributed by atoms with Gasteiger partial charge in [-0.05, 0) is 0 Å². The third-order valence-corrected chi connectivity index (χ3v) is 3.84. The Hall–Kier alpha value is -1.55. The van der Waals surface area contributed by atoms with E-state index in [1.165, 1.54) is 10.9 Å². The molecule has 0 aliphatic carbocycles. The summed E-state index contributed by atoms with van der Waals surface area (Å²) in [5.74, 6) is -0.358. The van der Waals surface area contributed by atoms with Crippen LogP contribution in [-0.4, -0.2) is 84.2 Å². The molecule has 18 heteroatoms. The van der Waals surface area contributed by atoms with E-state index in [2.05, 4.69) is 19.5 Å². The van der Waals surface area contributed by atoms with E-state index in [-0.39, 0.29) is 17.0 Å². The summed E-state index contributed by atoms with van der Waals surface area (Å²) in [6, 6.07) is 0. The molecule has 158 valence electrons. The van der Waals surface area contributed by atoms with E-state index in [4.69, 9.17) is 33.8 Å². The third kappa shape index (κ3) is 5.97. The van der Waals surface area contributed by atoms with Gasteiger partial charge >= 0.3 is 15.6 Å². The molecule has 1 aliphatic rings. The molecule has 0 unspecified atom stereocenters. The Morgan fingerprint density at radius 2 is 1.68 bits per heavy atom. The van der Waals surface area contributed by atoms with E-state index in [0.29, 0.717) is 0 Å². The Balaban J connectivity index is 0.000000500. The van der Waals surface area contributed by atoms with Gasteiger partial charge in [0.05, 0.1) is 12.9 Å². The van der Waals surface area contributed by atoms with E-state index in [1.807, 2.05) is 0 Å². The molecule has 0 saturated carbocycles. The summed E-state index contributed by atoms with van der Waals surface area (Å²) in [4.78, 5) is 50.3. The maximum atomic E-state index is 10.7. The minimum absolute atomic E-state index is 0.0766. The normalized spacial score (nSPS) is 25.5. The van der Waals surface area contributed by atoms with Gasteiger partial charge in [-0.2, -0.15) is 4.98 Å². The number of hydrogen-bond donors (Lipinski definition) is 8. The molecule has 8 N–H and O–H groups in total. The van der Waals surface area contributed by atoms with Crippen LogP contribution in [0.1, 0.15) is 6.23 Å². The summed E-state index contributed by atoms with van der Waals surface area (Å²) in [5.41, 5.74) is 0.234. The average molecular weight is 446 g/mol. The molecule has 0 radical (unpaired) electrons. The number of phosphoric acid groups is 2. The molecular weight excluding hydrogens is 430 g/mol. The van der Waals surface area contributed by atoms with Crippen LogP contribution in [0.5, 0.6) is 5.88 Å². The lowest BCUT2D eigenvalue weighted by atomic mass is 10.1. The third-order valence-electron chi connectivity index (χ3n) is 3.36. The lowest BCUT2D eigenvalue weighted by molar-refractivity contribution is -0.0504. The quantitative estimate of drug-likeness (QED) is 0.223. The van der Waals surface area contributed by atoms with E-state index >= 15 is 0 Å². The van der Waals surface area contributed by atoms with Crippen LogP contribution in [0, 0.1) is 0 Å². The number of aromatic hydroxyl groups is 1. The van der Waals surface area contributed by atoms with Crippen molar-refractivity contribution in [3.8, 4) is 5.88 Å². The van der Waals surface area contributed by atoms with Gasteiger partial charge in [-0.1, -0.05) is 0 Å². The van der Waals surface area contributed by atoms with Crippen LogP contribution in [0.2, 0.25) is 0 Å². The number of hydrogen-bond acceptors (Lipinski definition) is 10. The molecular formula is C10H16N4O12P2. The molecule has 3 heterocycles. The second-order valence-corrected chi connectivity index (χ2v) is 7.63. The Morgan fingerprint density at radius 3 is 2.25 bits per heavy atom. The minimum atomic E-state index is -4.74. The van der Waals surface area contributed by atoms with E-state index in [1.54, 1.807) is 0 Å². The topological polar surface area (TPSA) is 258 Å². The van der Waals surface area contributed by atoms with Crippen molar-refractivity contribution < 1.29 is 58.2 Å². The molecule has 1 saturated heterocycles. The Morgan fingerprint density at radius 1 is 1.07 bits per heavy atom. The Kier molecular flexibility index (Phi) is 6.86. The SMILES string of the molecule is O=P(O)(O)O.O=P(O)(O)OC[C@H]1O[C@@H](n2cnc3c(O)ncnc32)[C@H](O)[C@@H]1O. The number of aliphatic hydroxyl groups is 2. The van der Waals surface area contributed by atoms with Crippen molar-refractivity contribution in [1.29, 1.82) is 0 Å². The molecule has 1 aliphatic heterocycles. The number of fused-ring (bicyclic) bond motifs is 1. The lowest BCUT2D eigenvalue weighted by Crippen LogP contribution is -2.33. The highest BCUT2D eigenvalue weighted by atomic mass is 31.2. The molecule has 0 aromatic carbocycles. The van der Waals surface area contributed by atoms with Crippen LogP contribution in [-0.2, 0) is 18.4 Å². The van der Waals surface area contributed by atoms with Crippen molar-refractivity contribution in [2.45, 2.75) is 24.5 Å². The smallest absolute Gasteiger partial charge is 0.469 e. The number of aromatic nitrogens is 4. The predicted molar refractivity (Wildman–Crippen MR) is 85.2 cm³/mol. The first-order valence-corrected chi connectivity index (χ1v) is 10.2. The van der Waals surface area contributed by atoms with E-state index in [9.17, 15) is 19.9 Å². The number of imidazole rings is 1. The highest BCUT2D eigenvalue weighted by Gasteiger charge is 2.45. The summed E-state index contributed by atoms with van der Waals surface area (Å²) >= 11 is 0. The van der Waals surface area contributed by atoms with Gasteiger partial charge in [0, 0.05) is 0 Å². The zero-order valence-electron chi connectivity index (χ0n) is 13.6. The first kappa shape index (κ1) is 22.7. The van der Waals surface area contributed by atoms with Crippen molar-refractivity contribution in [3.63, 3.8) is 0 Å². The molecule has 2 aromatic heterocycles. The van der Waals surface area contributed by atoms with E-state index in [0.717, 1.165) is 6.33 Å². The molecule has 0 bridgehead atoms. The highest BCUT2D eigenvalue weighted by Crippen LogP contribution is 2.38. The summed E-state index contributed by atoms with van der Waals surface area (Å²) in [7, 11) is -9.37. The molecule has 16 nitrogen and oxygen atoms in total. The van der Waals surface area contributed by atoms with E-state index < -0.39 is 46.8 Å². The molecule has 2 aromatic rings. The van der Waals surface area contributed by atoms with Crippen molar-refractivity contribution >= 4 is 26.8 Å². The van der Waals surface area contributed by atoms with Crippen molar-refractivity contribution in [2.75, 3.05) is 6.61 Å². The summed E-state index contributed by atoms with van der Waals surface area (Å²) in [6.45, 7) is -0.619. The standard InChI is InChI=1S/C10H13N4O8P.H3O4P/c15-6-4(1-21-23(18,19)20)22-10(7(6)16)14-3-13-5-8(14)11-2-12-9(5)17;1-5(2,3)4/h2-4,6-7,10,15-16H,1H2,(H,11,12,17)(H2,18,19,20);(H3,1,2,3,4)/t4-,6-,7-,10-;/m1./s1. The van der Waals surface area contributed by atoms with Crippen molar-refractivity contribution in [3.05, 3.63) is 12.7 Å². The van der Waals surface area contributed by atoms with Gasteiger partial charge in [-0.15, -0.1) is 0 Å². The van der Waals surface area contributed by atoms with Crippen LogP contribution in [0.15, 0.2) is 12.7 Å². The van der Waals surface area contributed by atoms with Crippen LogP contribution < -0.4 is 0 Å². The zero-order valence-corrected chi connectivity index (χ0v) is 15.4. The molecule has 3 rings (SSSR count). The minimum Gasteiger partial charge on any atom is -0.492 e. The van der Waals surface area contributed by atoms with Crippen molar-refractivity contribution in [1.82, 2.24) is 19.5 Å². The fourth-order valence-electron chi connectivity index (χ4n) is 2.29. The van der Waals surface area contributed by atoms with Crippen LogP contribution in [0.25, 0.3) is 11.2 Å². The number of rotatable bonds is 4. The van der Waals surface area contributed by atoms with Gasteiger partial charge < -0.3 is 44.5 Å². The maximum absolute atomic E-state index is 10.7. The highest BCUT2D eigenvalue weighted by molar-refractivity contribution is 7.46. The first-order valence-electron chi connectivity index (χ1n) is 7.14. The number of nitrogens with zero attached hydrogens (tertiary/aromatic N) is 4. The molecule has 1 fully saturated rings. The largest absolute Gasteiger partial charge is 0.492 e. The van der Waals surface area contributed by atoms with Gasteiger partial charge in [-0.3, -0.25) is 9.09 Å². The van der Waals surface area contributed by atoms with Crippen LogP contribution >= 0.6 is 15.6 Å². The second-order valence-electron chi connectivity index (χ2n) is 5.37. The molecule has 0 amide bonds. The molecule has 28 heavy (non-hydrogen) atoms. The lowest BCUT2D eigenvalue weighted by Gasteiger charge is -2.16. The maximum Gasteiger partial charge on any atom is 0.469 e. The van der Waals surface area contributed by atoms with Gasteiger partial charge in [0.2, 0.25) is 5.88 Å². The predicted octanol–water partition coefficient (Wildman–Crippen LogP) is -2.67. The van der Waals surface area contributed by atoms with Crippen LogP contribution in [0.3, 0.4) is 0 Å². The Bertz CT molecular complexity index is 903. The summed E-state index contributed by atoms with van der Waals surface area (Å²) in [5, 5.41) is 29.6. The van der Waals surface area contributed by atoms with Gasteiger partial charge in [0.1, 0.15) is 24.6 Å².